The summed E-state index contributed by atoms with van der Waals surface area (Å²) in [6.07, 6.45) is 0. The minimum Gasteiger partial charge on any atom is -0.373 e. The molecule has 0 unspecified atom stereocenters. The van der Waals surface area contributed by atoms with Crippen molar-refractivity contribution in [2.45, 2.75) is 6.54 Å². The second kappa shape index (κ2) is 6.33. The van der Waals surface area contributed by atoms with Crippen LogP contribution in [0.1, 0.15) is 5.56 Å². The zero-order valence-electron chi connectivity index (χ0n) is 10.8. The molecule has 0 saturated carbocycles. The summed E-state index contributed by atoms with van der Waals surface area (Å²) in [5.41, 5.74) is 0.972. The highest BCUT2D eigenvalue weighted by molar-refractivity contribution is 9.10. The maximum Gasteiger partial charge on any atom is 0.311 e. The Labute approximate surface area is 124 Å². The van der Waals surface area contributed by atoms with Crippen LogP contribution in [0.15, 0.2) is 40.9 Å². The third-order valence-electron chi connectivity index (χ3n) is 2.70. The molecule has 6 nitrogen and oxygen atoms in total. The summed E-state index contributed by atoms with van der Waals surface area (Å²) in [5, 5.41) is 16.8. The molecule has 0 aliphatic rings. The second-order valence-corrected chi connectivity index (χ2v) is 4.97. The maximum atomic E-state index is 11.0. The highest BCUT2D eigenvalue weighted by Gasteiger charge is 2.15. The Bertz CT molecular complexity index is 616. The minimum absolute atomic E-state index is 0.0406. The number of halogens is 1. The van der Waals surface area contributed by atoms with Gasteiger partial charge in [0.25, 0.3) is 0 Å². The molecule has 0 aliphatic carbocycles. The summed E-state index contributed by atoms with van der Waals surface area (Å²) in [7, 11) is 1.71. The summed E-state index contributed by atoms with van der Waals surface area (Å²) >= 11 is 3.36. The van der Waals surface area contributed by atoms with E-state index < -0.39 is 4.92 Å². The molecule has 0 radical (unpaired) electrons. The number of nitrogens with one attached hydrogen (secondary N) is 2. The van der Waals surface area contributed by atoms with E-state index in [9.17, 15) is 10.1 Å². The first-order chi connectivity index (χ1) is 9.60. The molecule has 0 bridgehead atoms. The third kappa shape index (κ3) is 3.45. The Hall–Kier alpha value is -2.15. The van der Waals surface area contributed by atoms with Crippen molar-refractivity contribution in [1.82, 2.24) is 4.98 Å². The van der Waals surface area contributed by atoms with Crippen LogP contribution in [0.3, 0.4) is 0 Å². The maximum absolute atomic E-state index is 11.0. The molecule has 2 aromatic rings. The first-order valence-electron chi connectivity index (χ1n) is 5.91. The predicted octanol–water partition coefficient (Wildman–Crippen LogP) is 3.41. The molecule has 0 atom stereocenters. The normalized spacial score (nSPS) is 10.1. The van der Waals surface area contributed by atoms with E-state index in [0.717, 1.165) is 10.0 Å². The summed E-state index contributed by atoms with van der Waals surface area (Å²) in [6.45, 7) is 0.467. The van der Waals surface area contributed by atoms with Gasteiger partial charge in [0, 0.05) is 24.1 Å². The van der Waals surface area contributed by atoms with Gasteiger partial charge in [-0.3, -0.25) is 10.1 Å². The molecule has 2 rings (SSSR count). The number of rotatable bonds is 5. The van der Waals surface area contributed by atoms with Crippen LogP contribution in [0.5, 0.6) is 0 Å². The van der Waals surface area contributed by atoms with Crippen LogP contribution in [0.2, 0.25) is 0 Å². The van der Waals surface area contributed by atoms with Gasteiger partial charge in [-0.15, -0.1) is 0 Å². The zero-order chi connectivity index (χ0) is 14.5. The first-order valence-corrected chi connectivity index (χ1v) is 6.71. The van der Waals surface area contributed by atoms with Crippen LogP contribution in [-0.2, 0) is 6.54 Å². The number of hydrogen-bond acceptors (Lipinski definition) is 5. The summed E-state index contributed by atoms with van der Waals surface area (Å²) in [6, 6.07) is 10.7. The van der Waals surface area contributed by atoms with Crippen molar-refractivity contribution in [2.24, 2.45) is 0 Å². The molecule has 0 saturated heterocycles. The molecular weight excluding hydrogens is 324 g/mol. The van der Waals surface area contributed by atoms with E-state index in [0.29, 0.717) is 12.4 Å². The lowest BCUT2D eigenvalue weighted by Crippen LogP contribution is -2.06. The van der Waals surface area contributed by atoms with Crippen LogP contribution < -0.4 is 10.6 Å². The molecule has 1 heterocycles. The molecule has 0 aliphatic heterocycles. The van der Waals surface area contributed by atoms with Crippen molar-refractivity contribution in [1.29, 1.82) is 0 Å². The van der Waals surface area contributed by atoms with E-state index in [4.69, 9.17) is 0 Å². The lowest BCUT2D eigenvalue weighted by atomic mass is 10.2. The Balaban J connectivity index is 2.18. The second-order valence-electron chi connectivity index (χ2n) is 4.05. The van der Waals surface area contributed by atoms with Crippen LogP contribution in [0, 0.1) is 10.1 Å². The topological polar surface area (TPSA) is 80.1 Å². The van der Waals surface area contributed by atoms with E-state index in [1.54, 1.807) is 13.1 Å². The number of hydrogen-bond donors (Lipinski definition) is 2. The van der Waals surface area contributed by atoms with Crippen molar-refractivity contribution in [3.63, 3.8) is 0 Å². The largest absolute Gasteiger partial charge is 0.373 e. The number of pyridine rings is 1. The van der Waals surface area contributed by atoms with Gasteiger partial charge in [0.1, 0.15) is 5.82 Å². The molecule has 0 fully saturated rings. The van der Waals surface area contributed by atoms with Gasteiger partial charge >= 0.3 is 5.69 Å². The van der Waals surface area contributed by atoms with E-state index in [2.05, 4.69) is 31.5 Å². The lowest BCUT2D eigenvalue weighted by Gasteiger charge is -2.08. The van der Waals surface area contributed by atoms with Crippen molar-refractivity contribution >= 4 is 33.3 Å². The van der Waals surface area contributed by atoms with Gasteiger partial charge in [0.05, 0.1) is 4.92 Å². The van der Waals surface area contributed by atoms with E-state index in [1.807, 2.05) is 24.3 Å². The lowest BCUT2D eigenvalue weighted by molar-refractivity contribution is -0.384. The Morgan fingerprint density at radius 1 is 1.25 bits per heavy atom. The van der Waals surface area contributed by atoms with Crippen LogP contribution >= 0.6 is 15.9 Å². The SMILES string of the molecule is CNc1ccc([N+](=O)[O-])c(NCc2ccc(Br)cc2)n1. The van der Waals surface area contributed by atoms with Crippen LogP contribution in [0.4, 0.5) is 17.3 Å². The van der Waals surface area contributed by atoms with Gasteiger partial charge in [0.15, 0.2) is 0 Å². The fraction of sp³-hybridized carbons (Fsp3) is 0.154. The standard InChI is InChI=1S/C13H13BrN4O2/c1-15-12-7-6-11(18(19)20)13(17-12)16-8-9-2-4-10(14)5-3-9/h2-7H,8H2,1H3,(H2,15,16,17). The predicted molar refractivity (Wildman–Crippen MR) is 81.9 cm³/mol. The Morgan fingerprint density at radius 2 is 1.95 bits per heavy atom. The summed E-state index contributed by atoms with van der Waals surface area (Å²) in [4.78, 5) is 14.7. The molecule has 1 aromatic heterocycles. The molecule has 104 valence electrons. The molecule has 2 N–H and O–H groups in total. The molecule has 0 amide bonds. The number of anilines is 2. The average molecular weight is 337 g/mol. The van der Waals surface area contributed by atoms with Crippen LogP contribution in [0.25, 0.3) is 0 Å². The highest BCUT2D eigenvalue weighted by atomic mass is 79.9. The fourth-order valence-electron chi connectivity index (χ4n) is 1.66. The average Bonchev–Trinajstić information content (AvgIpc) is 2.46. The smallest absolute Gasteiger partial charge is 0.311 e. The molecular formula is C13H13BrN4O2. The first kappa shape index (κ1) is 14.3. The van der Waals surface area contributed by atoms with Gasteiger partial charge in [-0.05, 0) is 23.8 Å². The third-order valence-corrected chi connectivity index (χ3v) is 3.23. The number of nitrogens with zero attached hydrogens (tertiary/aromatic N) is 2. The van der Waals surface area contributed by atoms with Crippen molar-refractivity contribution in [2.75, 3.05) is 17.7 Å². The fourth-order valence-corrected chi connectivity index (χ4v) is 1.92. The number of aromatic nitrogens is 1. The van der Waals surface area contributed by atoms with E-state index in [-0.39, 0.29) is 11.5 Å². The van der Waals surface area contributed by atoms with Crippen LogP contribution in [-0.4, -0.2) is 17.0 Å². The quantitative estimate of drug-likeness (QED) is 0.646. The van der Waals surface area contributed by atoms with Gasteiger partial charge in [0.2, 0.25) is 5.82 Å². The summed E-state index contributed by atoms with van der Waals surface area (Å²) < 4.78 is 0.988. The number of nitro groups is 1. The molecule has 7 heteroatoms. The van der Waals surface area contributed by atoms with E-state index >= 15 is 0 Å². The van der Waals surface area contributed by atoms with Crippen molar-refractivity contribution in [3.8, 4) is 0 Å². The van der Waals surface area contributed by atoms with Gasteiger partial charge in [-0.25, -0.2) is 4.98 Å². The Morgan fingerprint density at radius 3 is 2.55 bits per heavy atom. The van der Waals surface area contributed by atoms with Gasteiger partial charge < -0.3 is 10.6 Å². The number of benzene rings is 1. The molecule has 20 heavy (non-hydrogen) atoms. The zero-order valence-corrected chi connectivity index (χ0v) is 12.3. The minimum atomic E-state index is -0.448. The highest BCUT2D eigenvalue weighted by Crippen LogP contribution is 2.24. The van der Waals surface area contributed by atoms with Crippen molar-refractivity contribution < 1.29 is 4.92 Å². The molecule has 1 aromatic carbocycles. The Kier molecular flexibility index (Phi) is 4.52. The monoisotopic (exact) mass is 336 g/mol. The van der Waals surface area contributed by atoms with Gasteiger partial charge in [-0.1, -0.05) is 28.1 Å². The van der Waals surface area contributed by atoms with E-state index in [1.165, 1.54) is 6.07 Å². The van der Waals surface area contributed by atoms with Crippen molar-refractivity contribution in [3.05, 3.63) is 56.5 Å². The van der Waals surface area contributed by atoms with Gasteiger partial charge in [-0.2, -0.15) is 0 Å². The summed E-state index contributed by atoms with van der Waals surface area (Å²) in [5.74, 6) is 0.832. The molecule has 0 spiro atoms.